The molecule has 0 amide bonds. The predicted octanol–water partition coefficient (Wildman–Crippen LogP) is 0.646. The molecule has 1 aromatic heterocycles. The van der Waals surface area contributed by atoms with E-state index in [1.54, 1.807) is 24.3 Å². The first-order valence-corrected chi connectivity index (χ1v) is 4.70. The fourth-order valence-electron chi connectivity index (χ4n) is 1.51. The van der Waals surface area contributed by atoms with Crippen LogP contribution in [-0.4, -0.2) is 32.4 Å². The van der Waals surface area contributed by atoms with E-state index in [1.165, 1.54) is 4.68 Å². The highest BCUT2D eigenvalue weighted by atomic mass is 16.4. The standard InChI is InChI=1S/C10H9N3O3/c14-6-5-9(10(15)16)13-8-4-2-1-3-7(8)11-12-13/h1-4,6,9H,5H2,(H,15,16). The molecule has 0 fully saturated rings. The van der Waals surface area contributed by atoms with Crippen LogP contribution in [0, 0.1) is 0 Å². The lowest BCUT2D eigenvalue weighted by atomic mass is 10.2. The number of nitrogens with zero attached hydrogens (tertiary/aromatic N) is 3. The smallest absolute Gasteiger partial charge is 0.329 e. The summed E-state index contributed by atoms with van der Waals surface area (Å²) in [4.78, 5) is 21.4. The Labute approximate surface area is 90.5 Å². The molecule has 0 bridgehead atoms. The van der Waals surface area contributed by atoms with Crippen LogP contribution in [0.2, 0.25) is 0 Å². The van der Waals surface area contributed by atoms with Crippen molar-refractivity contribution in [2.75, 3.05) is 0 Å². The van der Waals surface area contributed by atoms with Gasteiger partial charge in [0.05, 0.1) is 5.52 Å². The molecule has 6 nitrogen and oxygen atoms in total. The van der Waals surface area contributed by atoms with E-state index in [1.807, 2.05) is 0 Å². The summed E-state index contributed by atoms with van der Waals surface area (Å²) in [7, 11) is 0. The number of carbonyl (C=O) groups excluding carboxylic acids is 1. The second kappa shape index (κ2) is 4.09. The first-order chi connectivity index (χ1) is 7.74. The van der Waals surface area contributed by atoms with Crippen LogP contribution in [0.4, 0.5) is 0 Å². The topological polar surface area (TPSA) is 85.1 Å². The lowest BCUT2D eigenvalue weighted by molar-refractivity contribution is -0.142. The van der Waals surface area contributed by atoms with Gasteiger partial charge in [0.25, 0.3) is 0 Å². The molecule has 0 saturated carbocycles. The number of hydrogen-bond donors (Lipinski definition) is 1. The number of carbonyl (C=O) groups is 2. The summed E-state index contributed by atoms with van der Waals surface area (Å²) in [5.41, 5.74) is 1.22. The van der Waals surface area contributed by atoms with E-state index >= 15 is 0 Å². The largest absolute Gasteiger partial charge is 0.480 e. The lowest BCUT2D eigenvalue weighted by Gasteiger charge is -2.09. The number of aromatic nitrogens is 3. The monoisotopic (exact) mass is 219 g/mol. The van der Waals surface area contributed by atoms with Crippen molar-refractivity contribution in [1.82, 2.24) is 15.0 Å². The number of carboxylic acid groups (broad SMARTS) is 1. The number of benzene rings is 1. The van der Waals surface area contributed by atoms with Crippen molar-refractivity contribution in [1.29, 1.82) is 0 Å². The summed E-state index contributed by atoms with van der Waals surface area (Å²) in [6, 6.07) is 6.01. The third-order valence-electron chi connectivity index (χ3n) is 2.28. The van der Waals surface area contributed by atoms with Crippen molar-refractivity contribution >= 4 is 23.3 Å². The Kier molecular flexibility index (Phi) is 2.63. The number of aldehydes is 1. The van der Waals surface area contributed by atoms with E-state index < -0.39 is 12.0 Å². The van der Waals surface area contributed by atoms with E-state index in [-0.39, 0.29) is 6.42 Å². The molecule has 1 heterocycles. The maximum Gasteiger partial charge on any atom is 0.329 e. The van der Waals surface area contributed by atoms with Gasteiger partial charge in [-0.05, 0) is 12.1 Å². The summed E-state index contributed by atoms with van der Waals surface area (Å²) in [6.07, 6.45) is 0.442. The molecule has 0 aliphatic heterocycles. The van der Waals surface area contributed by atoms with Crippen molar-refractivity contribution in [3.05, 3.63) is 24.3 Å². The molecule has 0 aliphatic carbocycles. The van der Waals surface area contributed by atoms with Crippen molar-refractivity contribution in [2.24, 2.45) is 0 Å². The zero-order chi connectivity index (χ0) is 11.5. The summed E-state index contributed by atoms with van der Waals surface area (Å²) in [6.45, 7) is 0. The second-order valence-electron chi connectivity index (χ2n) is 3.28. The third-order valence-corrected chi connectivity index (χ3v) is 2.28. The fourth-order valence-corrected chi connectivity index (χ4v) is 1.51. The number of hydrogen-bond acceptors (Lipinski definition) is 4. The van der Waals surface area contributed by atoms with E-state index in [4.69, 9.17) is 5.11 Å². The fraction of sp³-hybridized carbons (Fsp3) is 0.200. The van der Waals surface area contributed by atoms with Gasteiger partial charge >= 0.3 is 5.97 Å². The quantitative estimate of drug-likeness (QED) is 0.763. The highest BCUT2D eigenvalue weighted by Crippen LogP contribution is 2.17. The average Bonchev–Trinajstić information content (AvgIpc) is 2.69. The highest BCUT2D eigenvalue weighted by Gasteiger charge is 2.22. The van der Waals surface area contributed by atoms with Crippen LogP contribution in [0.25, 0.3) is 11.0 Å². The minimum Gasteiger partial charge on any atom is -0.480 e. The summed E-state index contributed by atoms with van der Waals surface area (Å²) in [5, 5.41) is 16.6. The van der Waals surface area contributed by atoms with Gasteiger partial charge in [0.1, 0.15) is 11.8 Å². The molecule has 2 rings (SSSR count). The molecule has 0 radical (unpaired) electrons. The number of para-hydroxylation sites is 1. The van der Waals surface area contributed by atoms with Crippen LogP contribution in [0.15, 0.2) is 24.3 Å². The van der Waals surface area contributed by atoms with E-state index in [2.05, 4.69) is 10.3 Å². The zero-order valence-corrected chi connectivity index (χ0v) is 8.28. The number of fused-ring (bicyclic) bond motifs is 1. The normalized spacial score (nSPS) is 12.5. The van der Waals surface area contributed by atoms with Crippen molar-refractivity contribution in [3.8, 4) is 0 Å². The molecule has 1 atom stereocenters. The molecule has 1 unspecified atom stereocenters. The first-order valence-electron chi connectivity index (χ1n) is 4.70. The molecule has 16 heavy (non-hydrogen) atoms. The van der Waals surface area contributed by atoms with Gasteiger partial charge in [0.2, 0.25) is 0 Å². The molecular formula is C10H9N3O3. The summed E-state index contributed by atoms with van der Waals surface area (Å²) < 4.78 is 1.26. The molecule has 2 aromatic rings. The van der Waals surface area contributed by atoms with E-state index in [0.717, 1.165) is 0 Å². The molecule has 1 N–H and O–H groups in total. The molecule has 0 spiro atoms. The lowest BCUT2D eigenvalue weighted by Crippen LogP contribution is -2.20. The summed E-state index contributed by atoms with van der Waals surface area (Å²) >= 11 is 0. The van der Waals surface area contributed by atoms with Crippen LogP contribution in [0.1, 0.15) is 12.5 Å². The Morgan fingerprint density at radius 1 is 1.50 bits per heavy atom. The van der Waals surface area contributed by atoms with Gasteiger partial charge in [-0.15, -0.1) is 5.10 Å². The van der Waals surface area contributed by atoms with Crippen molar-refractivity contribution in [3.63, 3.8) is 0 Å². The van der Waals surface area contributed by atoms with Gasteiger partial charge in [-0.1, -0.05) is 17.3 Å². The van der Waals surface area contributed by atoms with Gasteiger partial charge in [-0.25, -0.2) is 9.48 Å². The SMILES string of the molecule is O=CCC(C(=O)O)n1nnc2ccccc21. The van der Waals surface area contributed by atoms with Gasteiger partial charge in [0.15, 0.2) is 6.04 Å². The molecule has 6 heteroatoms. The Bertz CT molecular complexity index is 535. The zero-order valence-electron chi connectivity index (χ0n) is 8.28. The number of rotatable bonds is 4. The molecular weight excluding hydrogens is 210 g/mol. The molecule has 0 aliphatic rings. The van der Waals surface area contributed by atoms with Crippen LogP contribution >= 0.6 is 0 Å². The van der Waals surface area contributed by atoms with Crippen LogP contribution in [0.3, 0.4) is 0 Å². The van der Waals surface area contributed by atoms with E-state index in [0.29, 0.717) is 17.3 Å². The Balaban J connectivity index is 2.52. The summed E-state index contributed by atoms with van der Waals surface area (Å²) in [5.74, 6) is -1.09. The minimum absolute atomic E-state index is 0.122. The van der Waals surface area contributed by atoms with Gasteiger partial charge < -0.3 is 9.90 Å². The molecule has 82 valence electrons. The van der Waals surface area contributed by atoms with Crippen LogP contribution in [-0.2, 0) is 9.59 Å². The average molecular weight is 219 g/mol. The van der Waals surface area contributed by atoms with Crippen LogP contribution in [0.5, 0.6) is 0 Å². The van der Waals surface area contributed by atoms with E-state index in [9.17, 15) is 9.59 Å². The van der Waals surface area contributed by atoms with Gasteiger partial charge in [0, 0.05) is 6.42 Å². The van der Waals surface area contributed by atoms with Crippen LogP contribution < -0.4 is 0 Å². The van der Waals surface area contributed by atoms with Crippen molar-refractivity contribution < 1.29 is 14.7 Å². The first kappa shape index (κ1) is 10.3. The Morgan fingerprint density at radius 3 is 2.94 bits per heavy atom. The van der Waals surface area contributed by atoms with Crippen molar-refractivity contribution in [2.45, 2.75) is 12.5 Å². The Morgan fingerprint density at radius 2 is 2.25 bits per heavy atom. The molecule has 1 aromatic carbocycles. The minimum atomic E-state index is -1.09. The molecule has 0 saturated heterocycles. The maximum absolute atomic E-state index is 11.0. The second-order valence-corrected chi connectivity index (χ2v) is 3.28. The third kappa shape index (κ3) is 1.65. The van der Waals surface area contributed by atoms with Gasteiger partial charge in [-0.2, -0.15) is 0 Å². The Hall–Kier alpha value is -2.24. The maximum atomic E-state index is 11.0. The predicted molar refractivity (Wildman–Crippen MR) is 54.9 cm³/mol. The number of aliphatic carboxylic acids is 1. The highest BCUT2D eigenvalue weighted by molar-refractivity contribution is 5.80. The van der Waals surface area contributed by atoms with Gasteiger partial charge in [-0.3, -0.25) is 0 Å². The number of carboxylic acids is 1.